The minimum Gasteiger partial charge on any atom is -0.491 e. The van der Waals surface area contributed by atoms with Crippen molar-refractivity contribution in [3.63, 3.8) is 0 Å². The molecule has 0 aromatic heterocycles. The van der Waals surface area contributed by atoms with Gasteiger partial charge in [-0.25, -0.2) is 0 Å². The second-order valence-corrected chi connectivity index (χ2v) is 8.80. The molecule has 0 fully saturated rings. The highest BCUT2D eigenvalue weighted by Gasteiger charge is 2.45. The lowest BCUT2D eigenvalue weighted by Gasteiger charge is -2.37. The molecule has 32 heavy (non-hydrogen) atoms. The van der Waals surface area contributed by atoms with Gasteiger partial charge in [-0.1, -0.05) is 72.8 Å². The van der Waals surface area contributed by atoms with Crippen molar-refractivity contribution in [1.29, 1.82) is 0 Å². The Morgan fingerprint density at radius 3 is 2.38 bits per heavy atom. The summed E-state index contributed by atoms with van der Waals surface area (Å²) in [7, 11) is 0. The van der Waals surface area contributed by atoms with Crippen LogP contribution >= 0.6 is 12.6 Å². The summed E-state index contributed by atoms with van der Waals surface area (Å²) in [5.74, 6) is 1.64. The Morgan fingerprint density at radius 2 is 1.53 bits per heavy atom. The van der Waals surface area contributed by atoms with E-state index in [1.807, 2.05) is 0 Å². The van der Waals surface area contributed by atoms with Crippen molar-refractivity contribution >= 4 is 35.9 Å². The maximum Gasteiger partial charge on any atom is 0.127 e. The van der Waals surface area contributed by atoms with E-state index in [9.17, 15) is 0 Å². The minimum atomic E-state index is -0.299. The molecule has 6 rings (SSSR count). The quantitative estimate of drug-likeness (QED) is 0.419. The molecule has 2 nitrogen and oxygen atoms in total. The van der Waals surface area contributed by atoms with Crippen molar-refractivity contribution in [3.05, 3.63) is 118 Å². The van der Waals surface area contributed by atoms with Gasteiger partial charge in [-0.15, -0.1) is 0 Å². The fourth-order valence-corrected chi connectivity index (χ4v) is 5.36. The Morgan fingerprint density at radius 1 is 0.781 bits per heavy atom. The molecule has 1 spiro atoms. The van der Waals surface area contributed by atoms with Gasteiger partial charge in [0.05, 0.1) is 18.6 Å². The number of hydrogen-bond donors (Lipinski definition) is 1. The van der Waals surface area contributed by atoms with E-state index in [1.165, 1.54) is 44.5 Å². The monoisotopic (exact) mass is 436 g/mol. The Balaban J connectivity index is 1.43. The average molecular weight is 437 g/mol. The van der Waals surface area contributed by atoms with E-state index < -0.39 is 0 Å². The highest BCUT2D eigenvalue weighted by Crippen LogP contribution is 2.59. The topological polar surface area (TPSA) is 18.5 Å². The first-order valence-corrected chi connectivity index (χ1v) is 11.7. The number of fused-ring (bicyclic) bond motifs is 8. The summed E-state index contributed by atoms with van der Waals surface area (Å²) < 4.78 is 11.8. The van der Waals surface area contributed by atoms with Gasteiger partial charge >= 0.3 is 0 Å². The zero-order chi connectivity index (χ0) is 21.5. The van der Waals surface area contributed by atoms with Crippen LogP contribution in [0.15, 0.2) is 95.8 Å². The SMILES string of the molecule is SCCOCCOC1=C2C(=Cc3ccccc32)C2(C=CC=C3C2=Cc2ccccc23)C=C1. The Bertz CT molecular complexity index is 1290. The van der Waals surface area contributed by atoms with Crippen molar-refractivity contribution in [2.75, 3.05) is 25.6 Å². The highest BCUT2D eigenvalue weighted by atomic mass is 32.1. The van der Waals surface area contributed by atoms with Crippen LogP contribution in [-0.2, 0) is 9.47 Å². The Hall–Kier alpha value is -3.01. The number of allylic oxidation sites excluding steroid dienone is 9. The molecule has 0 heterocycles. The molecule has 2 aromatic rings. The summed E-state index contributed by atoms with van der Waals surface area (Å²) in [4.78, 5) is 0. The minimum absolute atomic E-state index is 0.299. The number of ether oxygens (including phenoxy) is 2. The molecule has 0 amide bonds. The van der Waals surface area contributed by atoms with Gasteiger partial charge in [0.1, 0.15) is 12.4 Å². The van der Waals surface area contributed by atoms with Crippen molar-refractivity contribution in [2.45, 2.75) is 0 Å². The van der Waals surface area contributed by atoms with Crippen molar-refractivity contribution in [2.24, 2.45) is 5.41 Å². The Labute approximate surface area is 194 Å². The molecule has 4 aliphatic carbocycles. The molecule has 0 saturated heterocycles. The van der Waals surface area contributed by atoms with Crippen LogP contribution in [0.3, 0.4) is 0 Å². The molecule has 3 heteroatoms. The molecule has 0 radical (unpaired) electrons. The summed E-state index contributed by atoms with van der Waals surface area (Å²) >= 11 is 4.20. The predicted octanol–water partition coefficient (Wildman–Crippen LogP) is 6.36. The van der Waals surface area contributed by atoms with Crippen LogP contribution in [0.5, 0.6) is 0 Å². The summed E-state index contributed by atoms with van der Waals surface area (Å²) in [6.07, 6.45) is 15.9. The normalized spacial score (nSPS) is 21.6. The molecular formula is C29H24O2S. The van der Waals surface area contributed by atoms with Crippen LogP contribution in [0.1, 0.15) is 22.3 Å². The summed E-state index contributed by atoms with van der Waals surface area (Å²) in [5, 5.41) is 0. The van der Waals surface area contributed by atoms with Gasteiger partial charge in [-0.3, -0.25) is 0 Å². The second kappa shape index (κ2) is 7.84. The zero-order valence-electron chi connectivity index (χ0n) is 17.8. The molecule has 4 aliphatic rings. The van der Waals surface area contributed by atoms with Crippen LogP contribution in [0, 0.1) is 5.41 Å². The number of benzene rings is 2. The molecule has 1 unspecified atom stereocenters. The predicted molar refractivity (Wildman–Crippen MR) is 135 cm³/mol. The van der Waals surface area contributed by atoms with E-state index in [-0.39, 0.29) is 5.41 Å². The van der Waals surface area contributed by atoms with Gasteiger partial charge in [0.2, 0.25) is 0 Å². The van der Waals surface area contributed by atoms with Crippen molar-refractivity contribution in [1.82, 2.24) is 0 Å². The summed E-state index contributed by atoms with van der Waals surface area (Å²) in [6.45, 7) is 1.72. The average Bonchev–Trinajstić information content (AvgIpc) is 3.41. The van der Waals surface area contributed by atoms with Gasteiger partial charge in [-0.2, -0.15) is 12.6 Å². The van der Waals surface area contributed by atoms with Gasteiger partial charge in [0, 0.05) is 11.3 Å². The van der Waals surface area contributed by atoms with Gasteiger partial charge in [-0.05, 0) is 57.2 Å². The van der Waals surface area contributed by atoms with Crippen LogP contribution in [0.2, 0.25) is 0 Å². The van der Waals surface area contributed by atoms with Crippen LogP contribution < -0.4 is 0 Å². The summed E-state index contributed by atoms with van der Waals surface area (Å²) in [6, 6.07) is 17.3. The second-order valence-electron chi connectivity index (χ2n) is 8.36. The third-order valence-corrected chi connectivity index (χ3v) is 6.80. The van der Waals surface area contributed by atoms with Crippen molar-refractivity contribution < 1.29 is 9.47 Å². The number of rotatable bonds is 6. The fraction of sp³-hybridized carbons (Fsp3) is 0.172. The maximum absolute atomic E-state index is 6.25. The van der Waals surface area contributed by atoms with E-state index in [1.54, 1.807) is 0 Å². The molecular weight excluding hydrogens is 412 g/mol. The molecule has 2 aromatic carbocycles. The molecule has 158 valence electrons. The number of thiol groups is 1. The van der Waals surface area contributed by atoms with E-state index in [0.29, 0.717) is 19.8 Å². The molecule has 0 bridgehead atoms. The lowest BCUT2D eigenvalue weighted by atomic mass is 9.65. The van der Waals surface area contributed by atoms with E-state index in [2.05, 4.69) is 104 Å². The van der Waals surface area contributed by atoms with Crippen molar-refractivity contribution in [3.8, 4) is 0 Å². The van der Waals surface area contributed by atoms with E-state index in [0.717, 1.165) is 11.5 Å². The number of hydrogen-bond acceptors (Lipinski definition) is 3. The van der Waals surface area contributed by atoms with Gasteiger partial charge < -0.3 is 9.47 Å². The van der Waals surface area contributed by atoms with Crippen LogP contribution in [0.25, 0.3) is 23.3 Å². The molecule has 0 saturated carbocycles. The van der Waals surface area contributed by atoms with Crippen LogP contribution in [-0.4, -0.2) is 25.6 Å². The van der Waals surface area contributed by atoms with Gasteiger partial charge in [0.15, 0.2) is 0 Å². The van der Waals surface area contributed by atoms with Crippen LogP contribution in [0.4, 0.5) is 0 Å². The largest absolute Gasteiger partial charge is 0.491 e. The first-order valence-electron chi connectivity index (χ1n) is 11.1. The highest BCUT2D eigenvalue weighted by molar-refractivity contribution is 7.80. The maximum atomic E-state index is 6.25. The fourth-order valence-electron chi connectivity index (χ4n) is 5.23. The standard InChI is InChI=1S/C29H24O2S/c32-17-16-30-14-15-31-27-11-13-29(26-19-21-7-2-4-9-23(21)28(26)27)12-5-10-24-22-8-3-1-6-20(22)18-25(24)29/h1-13,18-19,32H,14-17H2. The summed E-state index contributed by atoms with van der Waals surface area (Å²) in [5.41, 5.74) is 9.91. The Kier molecular flexibility index (Phi) is 4.82. The first kappa shape index (κ1) is 19.7. The lowest BCUT2D eigenvalue weighted by molar-refractivity contribution is 0.0884. The molecule has 1 atom stereocenters. The molecule has 0 aliphatic heterocycles. The first-order chi connectivity index (χ1) is 15.8. The van der Waals surface area contributed by atoms with Gasteiger partial charge in [0.25, 0.3) is 0 Å². The third-order valence-electron chi connectivity index (χ3n) is 6.62. The molecule has 0 N–H and O–H groups in total. The van der Waals surface area contributed by atoms with E-state index >= 15 is 0 Å². The smallest absolute Gasteiger partial charge is 0.127 e. The lowest BCUT2D eigenvalue weighted by Crippen LogP contribution is -2.25. The van der Waals surface area contributed by atoms with E-state index in [4.69, 9.17) is 9.47 Å². The third kappa shape index (κ3) is 2.92. The zero-order valence-corrected chi connectivity index (χ0v) is 18.6.